The van der Waals surface area contributed by atoms with E-state index in [0.717, 1.165) is 6.07 Å². The Morgan fingerprint density at radius 3 is 2.61 bits per heavy atom. The summed E-state index contributed by atoms with van der Waals surface area (Å²) < 4.78 is 32.8. The van der Waals surface area contributed by atoms with E-state index in [1.165, 1.54) is 30.3 Å². The van der Waals surface area contributed by atoms with Gasteiger partial charge >= 0.3 is 5.97 Å². The van der Waals surface area contributed by atoms with Gasteiger partial charge < -0.3 is 9.84 Å². The van der Waals surface area contributed by atoms with E-state index in [2.05, 4.69) is 4.72 Å². The van der Waals surface area contributed by atoms with E-state index >= 15 is 0 Å². The summed E-state index contributed by atoms with van der Waals surface area (Å²) >= 11 is 5.72. The van der Waals surface area contributed by atoms with Crippen molar-refractivity contribution in [3.63, 3.8) is 0 Å². The molecule has 9 nitrogen and oxygen atoms in total. The highest BCUT2D eigenvalue weighted by atomic mass is 35.5. The number of aliphatic carboxylic acids is 1. The Kier molecular flexibility index (Phi) is 6.81. The summed E-state index contributed by atoms with van der Waals surface area (Å²) in [5.74, 6) is -0.484. The van der Waals surface area contributed by atoms with Crippen LogP contribution in [0, 0.1) is 17.0 Å². The van der Waals surface area contributed by atoms with E-state index in [-0.39, 0.29) is 28.6 Å². The number of ether oxygens (including phenoxy) is 1. The molecule has 0 saturated heterocycles. The molecule has 0 heterocycles. The lowest BCUT2D eigenvalue weighted by Crippen LogP contribution is -2.13. The molecule has 0 bridgehead atoms. The van der Waals surface area contributed by atoms with Crippen LogP contribution in [0.1, 0.15) is 18.4 Å². The van der Waals surface area contributed by atoms with Crippen molar-refractivity contribution in [3.8, 4) is 5.75 Å². The average molecular weight is 429 g/mol. The molecule has 0 aliphatic heterocycles. The maximum absolute atomic E-state index is 12.5. The van der Waals surface area contributed by atoms with Crippen LogP contribution in [0.25, 0.3) is 0 Å². The maximum Gasteiger partial charge on any atom is 0.303 e. The van der Waals surface area contributed by atoms with Crippen LogP contribution in [0.2, 0.25) is 5.02 Å². The number of hydrogen-bond donors (Lipinski definition) is 2. The molecule has 0 amide bonds. The minimum Gasteiger partial charge on any atom is -0.493 e. The largest absolute Gasteiger partial charge is 0.493 e. The minimum absolute atomic E-state index is 0.00255. The van der Waals surface area contributed by atoms with Crippen LogP contribution < -0.4 is 9.46 Å². The second-order valence-electron chi connectivity index (χ2n) is 5.80. The number of carboxylic acid groups (broad SMARTS) is 1. The Labute approximate surface area is 166 Å². The standard InChI is InChI=1S/C17H17ClN2O7S/c1-11-9-13(5-7-16(11)27-8-2-3-17(21)22)28(25,26)19-12-4-6-14(18)15(10-12)20(23)24/h4-7,9-10,19H,2-3,8H2,1H3,(H,21,22). The first-order chi connectivity index (χ1) is 13.1. The van der Waals surface area contributed by atoms with Crippen molar-refractivity contribution in [2.24, 2.45) is 0 Å². The molecule has 2 aromatic rings. The van der Waals surface area contributed by atoms with Gasteiger partial charge in [0.2, 0.25) is 0 Å². The van der Waals surface area contributed by atoms with Crippen LogP contribution in [-0.2, 0) is 14.8 Å². The van der Waals surface area contributed by atoms with Gasteiger partial charge in [0, 0.05) is 12.5 Å². The van der Waals surface area contributed by atoms with Crippen molar-refractivity contribution in [2.45, 2.75) is 24.7 Å². The molecule has 28 heavy (non-hydrogen) atoms. The van der Waals surface area contributed by atoms with Gasteiger partial charge in [0.25, 0.3) is 15.7 Å². The molecule has 150 valence electrons. The van der Waals surface area contributed by atoms with E-state index in [9.17, 15) is 23.3 Å². The van der Waals surface area contributed by atoms with E-state index < -0.39 is 26.6 Å². The minimum atomic E-state index is -3.99. The number of sulfonamides is 1. The van der Waals surface area contributed by atoms with Crippen molar-refractivity contribution in [3.05, 3.63) is 57.1 Å². The fourth-order valence-corrected chi connectivity index (χ4v) is 3.61. The van der Waals surface area contributed by atoms with Gasteiger partial charge in [-0.1, -0.05) is 11.6 Å². The number of anilines is 1. The third kappa shape index (κ3) is 5.57. The lowest BCUT2D eigenvalue weighted by molar-refractivity contribution is -0.384. The number of hydrogen-bond acceptors (Lipinski definition) is 6. The predicted molar refractivity (Wildman–Crippen MR) is 102 cm³/mol. The van der Waals surface area contributed by atoms with Gasteiger partial charge in [0.05, 0.1) is 22.1 Å². The lowest BCUT2D eigenvalue weighted by Gasteiger charge is -2.12. The molecule has 0 aliphatic rings. The topological polar surface area (TPSA) is 136 Å². The second-order valence-corrected chi connectivity index (χ2v) is 7.89. The summed E-state index contributed by atoms with van der Waals surface area (Å²) in [5, 5.41) is 19.4. The molecule has 0 radical (unpaired) electrons. The molecule has 2 aromatic carbocycles. The number of aryl methyl sites for hydroxylation is 1. The number of nitro groups is 1. The van der Waals surface area contributed by atoms with Gasteiger partial charge in [-0.25, -0.2) is 8.42 Å². The number of carbonyl (C=O) groups is 1. The van der Waals surface area contributed by atoms with Crippen LogP contribution >= 0.6 is 11.6 Å². The SMILES string of the molecule is Cc1cc(S(=O)(=O)Nc2ccc(Cl)c([N+](=O)[O-])c2)ccc1OCCCC(=O)O. The summed E-state index contributed by atoms with van der Waals surface area (Å²) in [4.78, 5) is 20.7. The normalized spacial score (nSPS) is 11.1. The quantitative estimate of drug-likeness (QED) is 0.353. The first-order valence-corrected chi connectivity index (χ1v) is 9.88. The summed E-state index contributed by atoms with van der Waals surface area (Å²) in [6.45, 7) is 1.84. The van der Waals surface area contributed by atoms with Crippen molar-refractivity contribution in [1.29, 1.82) is 0 Å². The number of halogens is 1. The van der Waals surface area contributed by atoms with Gasteiger partial charge in [-0.15, -0.1) is 0 Å². The number of nitrogens with one attached hydrogen (secondary N) is 1. The predicted octanol–water partition coefficient (Wildman–Crippen LogP) is 3.60. The Hall–Kier alpha value is -2.85. The molecule has 0 unspecified atom stereocenters. The first-order valence-electron chi connectivity index (χ1n) is 8.02. The summed E-state index contributed by atoms with van der Waals surface area (Å²) in [7, 11) is -3.99. The fraction of sp³-hybridized carbons (Fsp3) is 0.235. The van der Waals surface area contributed by atoms with Crippen molar-refractivity contribution in [1.82, 2.24) is 0 Å². The molecule has 11 heteroatoms. The van der Waals surface area contributed by atoms with E-state index in [1.54, 1.807) is 6.92 Å². The molecule has 2 N–H and O–H groups in total. The Bertz CT molecular complexity index is 1010. The molecular formula is C17H17ClN2O7S. The van der Waals surface area contributed by atoms with Crippen molar-refractivity contribution in [2.75, 3.05) is 11.3 Å². The van der Waals surface area contributed by atoms with Gasteiger partial charge in [-0.05, 0) is 49.2 Å². The average Bonchev–Trinajstić information content (AvgIpc) is 2.60. The third-order valence-corrected chi connectivity index (χ3v) is 5.34. The summed E-state index contributed by atoms with van der Waals surface area (Å²) in [6, 6.07) is 7.77. The van der Waals surface area contributed by atoms with Crippen molar-refractivity contribution < 1.29 is 28.0 Å². The highest BCUT2D eigenvalue weighted by molar-refractivity contribution is 7.92. The molecular weight excluding hydrogens is 412 g/mol. The zero-order chi connectivity index (χ0) is 20.9. The van der Waals surface area contributed by atoms with E-state index in [4.69, 9.17) is 21.4 Å². The van der Waals surface area contributed by atoms with Crippen LogP contribution in [0.4, 0.5) is 11.4 Å². The van der Waals surface area contributed by atoms with Gasteiger partial charge in [-0.2, -0.15) is 0 Å². The third-order valence-electron chi connectivity index (χ3n) is 3.64. The number of benzene rings is 2. The first kappa shape index (κ1) is 21.5. The van der Waals surface area contributed by atoms with Gasteiger partial charge in [0.15, 0.2) is 0 Å². The molecule has 0 fully saturated rings. The molecule has 0 spiro atoms. The number of nitro benzene ring substituents is 1. The number of nitrogens with zero attached hydrogens (tertiary/aromatic N) is 1. The van der Waals surface area contributed by atoms with Gasteiger partial charge in [0.1, 0.15) is 10.8 Å². The number of rotatable bonds is 9. The maximum atomic E-state index is 12.5. The van der Waals surface area contributed by atoms with Crippen LogP contribution in [0.5, 0.6) is 5.75 Å². The zero-order valence-corrected chi connectivity index (χ0v) is 16.3. The molecule has 0 aromatic heterocycles. The Morgan fingerprint density at radius 2 is 2.00 bits per heavy atom. The monoisotopic (exact) mass is 428 g/mol. The highest BCUT2D eigenvalue weighted by Crippen LogP contribution is 2.29. The summed E-state index contributed by atoms with van der Waals surface area (Å²) in [6.07, 6.45) is 0.300. The lowest BCUT2D eigenvalue weighted by atomic mass is 10.2. The smallest absolute Gasteiger partial charge is 0.303 e. The Morgan fingerprint density at radius 1 is 1.29 bits per heavy atom. The van der Waals surface area contributed by atoms with E-state index in [0.29, 0.717) is 17.7 Å². The van der Waals surface area contributed by atoms with Crippen LogP contribution in [-0.4, -0.2) is 31.0 Å². The zero-order valence-electron chi connectivity index (χ0n) is 14.7. The van der Waals surface area contributed by atoms with Gasteiger partial charge in [-0.3, -0.25) is 19.6 Å². The second kappa shape index (κ2) is 8.89. The number of carboxylic acids is 1. The molecule has 0 aliphatic carbocycles. The van der Waals surface area contributed by atoms with Crippen LogP contribution in [0.3, 0.4) is 0 Å². The molecule has 2 rings (SSSR count). The van der Waals surface area contributed by atoms with Crippen molar-refractivity contribution >= 4 is 39.0 Å². The molecule has 0 atom stereocenters. The molecule has 0 saturated carbocycles. The highest BCUT2D eigenvalue weighted by Gasteiger charge is 2.19. The Balaban J connectivity index is 2.15. The summed E-state index contributed by atoms with van der Waals surface area (Å²) in [5.41, 5.74) is 0.131. The fourth-order valence-electron chi connectivity index (χ4n) is 2.29. The van der Waals surface area contributed by atoms with E-state index in [1.807, 2.05) is 0 Å². The van der Waals surface area contributed by atoms with Crippen LogP contribution in [0.15, 0.2) is 41.3 Å².